The van der Waals surface area contributed by atoms with Gasteiger partial charge in [-0.3, -0.25) is 0 Å². The summed E-state index contributed by atoms with van der Waals surface area (Å²) >= 11 is 1.96. The first-order valence-corrected chi connectivity index (χ1v) is 8.60. The fourth-order valence-electron chi connectivity index (χ4n) is 2.08. The first kappa shape index (κ1) is 15.6. The van der Waals surface area contributed by atoms with Crippen molar-refractivity contribution in [2.75, 3.05) is 18.6 Å². The second kappa shape index (κ2) is 10.5. The van der Waals surface area contributed by atoms with Crippen LogP contribution in [0, 0.1) is 0 Å². The smallest absolute Gasteiger partial charge is 0.0220 e. The van der Waals surface area contributed by atoms with Crippen LogP contribution >= 0.6 is 11.8 Å². The molecule has 104 valence electrons. The summed E-state index contributed by atoms with van der Waals surface area (Å²) in [5.74, 6) is 1.32. The number of unbranched alkanes of at least 4 members (excludes halogenated alkanes) is 3. The van der Waals surface area contributed by atoms with Crippen molar-refractivity contribution in [3.05, 3.63) is 24.0 Å². The lowest BCUT2D eigenvalue weighted by Crippen LogP contribution is -2.14. The molecule has 0 spiro atoms. The average Bonchev–Trinajstić information content (AvgIpc) is 2.81. The maximum atomic E-state index is 3.53. The van der Waals surface area contributed by atoms with Crippen LogP contribution in [0.3, 0.4) is 0 Å². The van der Waals surface area contributed by atoms with Crippen molar-refractivity contribution in [1.29, 1.82) is 0 Å². The van der Waals surface area contributed by atoms with Crippen molar-refractivity contribution in [2.45, 2.75) is 52.1 Å². The molecule has 0 amide bonds. The van der Waals surface area contributed by atoms with E-state index in [0.29, 0.717) is 0 Å². The van der Waals surface area contributed by atoms with Gasteiger partial charge in [-0.2, -0.15) is 11.8 Å². The third-order valence-corrected chi connectivity index (χ3v) is 3.77. The van der Waals surface area contributed by atoms with Crippen LogP contribution in [0.5, 0.6) is 0 Å². The lowest BCUT2D eigenvalue weighted by Gasteiger charge is -2.03. The van der Waals surface area contributed by atoms with Gasteiger partial charge in [0.25, 0.3) is 0 Å². The van der Waals surface area contributed by atoms with Crippen LogP contribution < -0.4 is 5.32 Å². The van der Waals surface area contributed by atoms with E-state index in [9.17, 15) is 0 Å². The number of hydrogen-bond acceptors (Lipinski definition) is 2. The average molecular weight is 268 g/mol. The molecule has 0 atom stereocenters. The first-order valence-electron chi connectivity index (χ1n) is 7.21. The van der Waals surface area contributed by atoms with Gasteiger partial charge in [-0.1, -0.05) is 19.8 Å². The number of thioether (sulfide) groups is 1. The normalized spacial score (nSPS) is 11.0. The number of nitrogens with one attached hydrogen (secondary N) is 1. The number of nitrogens with zero attached hydrogens (tertiary/aromatic N) is 1. The molecule has 0 saturated carbocycles. The molecule has 1 aromatic heterocycles. The topological polar surface area (TPSA) is 17.0 Å². The molecule has 0 aliphatic heterocycles. The van der Waals surface area contributed by atoms with E-state index < -0.39 is 0 Å². The van der Waals surface area contributed by atoms with E-state index in [2.05, 4.69) is 41.5 Å². The zero-order valence-corrected chi connectivity index (χ0v) is 12.8. The quantitative estimate of drug-likeness (QED) is 0.613. The molecule has 0 aromatic carbocycles. The van der Waals surface area contributed by atoms with Crippen LogP contribution in [0.1, 0.15) is 44.6 Å². The Morgan fingerprint density at radius 1 is 1.22 bits per heavy atom. The molecule has 0 fully saturated rings. The van der Waals surface area contributed by atoms with Gasteiger partial charge in [-0.25, -0.2) is 0 Å². The van der Waals surface area contributed by atoms with Gasteiger partial charge in [-0.15, -0.1) is 0 Å². The van der Waals surface area contributed by atoms with Gasteiger partial charge in [0.15, 0.2) is 0 Å². The van der Waals surface area contributed by atoms with E-state index in [0.717, 1.165) is 19.6 Å². The van der Waals surface area contributed by atoms with Crippen LogP contribution in [0.25, 0.3) is 0 Å². The number of aryl methyl sites for hydroxylation is 1. The summed E-state index contributed by atoms with van der Waals surface area (Å²) in [5.41, 5.74) is 1.41. The molecule has 1 heterocycles. The molecule has 0 aliphatic rings. The summed E-state index contributed by atoms with van der Waals surface area (Å²) in [6, 6.07) is 2.22. The summed E-state index contributed by atoms with van der Waals surface area (Å²) in [4.78, 5) is 0. The van der Waals surface area contributed by atoms with Crippen LogP contribution in [-0.2, 0) is 13.1 Å². The van der Waals surface area contributed by atoms with Gasteiger partial charge < -0.3 is 9.88 Å². The predicted octanol–water partition coefficient (Wildman–Crippen LogP) is 3.91. The third kappa shape index (κ3) is 7.12. The van der Waals surface area contributed by atoms with E-state index in [1.54, 1.807) is 0 Å². The van der Waals surface area contributed by atoms with Gasteiger partial charge >= 0.3 is 0 Å². The summed E-state index contributed by atoms with van der Waals surface area (Å²) in [7, 11) is 0. The Bertz CT molecular complexity index is 296. The Morgan fingerprint density at radius 3 is 2.83 bits per heavy atom. The molecule has 0 radical (unpaired) electrons. The molecule has 2 nitrogen and oxygen atoms in total. The standard InChI is InChI=1S/C15H28N2S/c1-3-10-17-11-8-15(14-17)13-16-9-6-4-5-7-12-18-2/h8,11,14,16H,3-7,9-10,12-13H2,1-2H3. The lowest BCUT2D eigenvalue weighted by molar-refractivity contribution is 0.598. The van der Waals surface area contributed by atoms with Crippen LogP contribution in [0.4, 0.5) is 0 Å². The highest BCUT2D eigenvalue weighted by atomic mass is 32.2. The van der Waals surface area contributed by atoms with Crippen molar-refractivity contribution in [3.63, 3.8) is 0 Å². The fourth-order valence-corrected chi connectivity index (χ4v) is 2.57. The highest BCUT2D eigenvalue weighted by molar-refractivity contribution is 7.98. The van der Waals surface area contributed by atoms with Crippen LogP contribution in [0.2, 0.25) is 0 Å². The van der Waals surface area contributed by atoms with Crippen LogP contribution in [-0.4, -0.2) is 23.1 Å². The monoisotopic (exact) mass is 268 g/mol. The van der Waals surface area contributed by atoms with E-state index >= 15 is 0 Å². The Kier molecular flexibility index (Phi) is 9.13. The molecule has 0 aliphatic carbocycles. The summed E-state index contributed by atoms with van der Waals surface area (Å²) < 4.78 is 2.28. The number of hydrogen-bond donors (Lipinski definition) is 1. The fraction of sp³-hybridized carbons (Fsp3) is 0.733. The second-order valence-electron chi connectivity index (χ2n) is 4.84. The number of rotatable bonds is 11. The molecule has 0 unspecified atom stereocenters. The Hall–Kier alpha value is -0.410. The maximum absolute atomic E-state index is 3.53. The van der Waals surface area contributed by atoms with E-state index in [-0.39, 0.29) is 0 Å². The zero-order valence-electron chi connectivity index (χ0n) is 12.0. The minimum atomic E-state index is 1.02. The van der Waals surface area contributed by atoms with Crippen molar-refractivity contribution < 1.29 is 0 Å². The van der Waals surface area contributed by atoms with Crippen molar-refractivity contribution in [3.8, 4) is 0 Å². The summed E-state index contributed by atoms with van der Waals surface area (Å²) in [5, 5.41) is 3.53. The molecule has 1 N–H and O–H groups in total. The first-order chi connectivity index (χ1) is 8.86. The highest BCUT2D eigenvalue weighted by Gasteiger charge is 1.96. The SMILES string of the molecule is CCCn1ccc(CNCCCCCCSC)c1. The van der Waals surface area contributed by atoms with E-state index in [1.807, 2.05) is 11.8 Å². The molecule has 3 heteroatoms. The van der Waals surface area contributed by atoms with Crippen molar-refractivity contribution >= 4 is 11.8 Å². The van der Waals surface area contributed by atoms with Gasteiger partial charge in [0, 0.05) is 25.5 Å². The predicted molar refractivity (Wildman–Crippen MR) is 83.3 cm³/mol. The lowest BCUT2D eigenvalue weighted by atomic mass is 10.2. The molecule has 0 saturated heterocycles. The minimum Gasteiger partial charge on any atom is -0.354 e. The minimum absolute atomic E-state index is 1.02. The molecular formula is C15H28N2S. The Morgan fingerprint density at radius 2 is 2.06 bits per heavy atom. The van der Waals surface area contributed by atoms with E-state index in [4.69, 9.17) is 0 Å². The molecular weight excluding hydrogens is 240 g/mol. The van der Waals surface area contributed by atoms with Gasteiger partial charge in [-0.05, 0) is 49.4 Å². The molecule has 1 rings (SSSR count). The Balaban J connectivity index is 1.96. The van der Waals surface area contributed by atoms with Crippen molar-refractivity contribution in [2.24, 2.45) is 0 Å². The second-order valence-corrected chi connectivity index (χ2v) is 5.83. The van der Waals surface area contributed by atoms with Gasteiger partial charge in [0.05, 0.1) is 0 Å². The zero-order chi connectivity index (χ0) is 13.1. The largest absolute Gasteiger partial charge is 0.354 e. The van der Waals surface area contributed by atoms with Crippen molar-refractivity contribution in [1.82, 2.24) is 9.88 Å². The van der Waals surface area contributed by atoms with E-state index in [1.165, 1.54) is 43.4 Å². The molecule has 1 aromatic rings. The van der Waals surface area contributed by atoms with Crippen LogP contribution in [0.15, 0.2) is 18.5 Å². The highest BCUT2D eigenvalue weighted by Crippen LogP contribution is 2.05. The summed E-state index contributed by atoms with van der Waals surface area (Å²) in [6.45, 7) is 5.52. The third-order valence-electron chi connectivity index (χ3n) is 3.07. The maximum Gasteiger partial charge on any atom is 0.0220 e. The molecule has 18 heavy (non-hydrogen) atoms. The van der Waals surface area contributed by atoms with Gasteiger partial charge in [0.2, 0.25) is 0 Å². The summed E-state index contributed by atoms with van der Waals surface area (Å²) in [6.07, 6.45) is 13.3. The Labute approximate surface area is 117 Å². The van der Waals surface area contributed by atoms with Gasteiger partial charge in [0.1, 0.15) is 0 Å². The number of aromatic nitrogens is 1. The molecule has 0 bridgehead atoms.